The van der Waals surface area contributed by atoms with Crippen LogP contribution in [0.5, 0.6) is 0 Å². The van der Waals surface area contributed by atoms with E-state index in [0.29, 0.717) is 5.92 Å². The quantitative estimate of drug-likeness (QED) is 0.874. The third-order valence-electron chi connectivity index (χ3n) is 4.45. The van der Waals surface area contributed by atoms with Crippen LogP contribution in [0.1, 0.15) is 49.1 Å². The van der Waals surface area contributed by atoms with Gasteiger partial charge >= 0.3 is 0 Å². The first-order valence-electron chi connectivity index (χ1n) is 7.67. The number of benzene rings is 1. The van der Waals surface area contributed by atoms with Gasteiger partial charge in [-0.1, -0.05) is 31.2 Å². The van der Waals surface area contributed by atoms with Gasteiger partial charge < -0.3 is 10.2 Å². The van der Waals surface area contributed by atoms with E-state index in [-0.39, 0.29) is 0 Å². The summed E-state index contributed by atoms with van der Waals surface area (Å²) in [7, 11) is 4.27. The lowest BCUT2D eigenvalue weighted by atomic mass is 9.88. The van der Waals surface area contributed by atoms with E-state index in [1.54, 1.807) is 0 Å². The highest BCUT2D eigenvalue weighted by atomic mass is 15.1. The zero-order valence-corrected chi connectivity index (χ0v) is 12.7. The molecule has 1 saturated heterocycles. The van der Waals surface area contributed by atoms with Gasteiger partial charge in [0.1, 0.15) is 0 Å². The maximum atomic E-state index is 3.29. The van der Waals surface area contributed by atoms with Crippen LogP contribution in [-0.4, -0.2) is 38.6 Å². The Bertz CT molecular complexity index is 371. The Labute approximate surface area is 118 Å². The second-order valence-corrected chi connectivity index (χ2v) is 5.93. The molecule has 1 aliphatic rings. The fourth-order valence-corrected chi connectivity index (χ4v) is 3.22. The fourth-order valence-electron chi connectivity index (χ4n) is 3.22. The van der Waals surface area contributed by atoms with Gasteiger partial charge in [0.05, 0.1) is 0 Å². The predicted octanol–water partition coefficient (Wildman–Crippen LogP) is 3.21. The number of rotatable bonds is 5. The molecular formula is C17H28N2. The fraction of sp³-hybridized carbons (Fsp3) is 0.647. The summed E-state index contributed by atoms with van der Waals surface area (Å²) in [6, 6.07) is 9.40. The van der Waals surface area contributed by atoms with Gasteiger partial charge in [-0.2, -0.15) is 0 Å². The number of hydrogen-bond acceptors (Lipinski definition) is 2. The molecule has 1 aromatic carbocycles. The summed E-state index contributed by atoms with van der Waals surface area (Å²) in [5.74, 6) is 1.38. The highest BCUT2D eigenvalue weighted by Gasteiger charge is 2.19. The third kappa shape index (κ3) is 3.80. The topological polar surface area (TPSA) is 15.3 Å². The van der Waals surface area contributed by atoms with Crippen LogP contribution in [0.25, 0.3) is 0 Å². The molecule has 2 nitrogen and oxygen atoms in total. The van der Waals surface area contributed by atoms with Crippen molar-refractivity contribution < 1.29 is 0 Å². The number of nitrogens with zero attached hydrogens (tertiary/aromatic N) is 1. The molecule has 0 bridgehead atoms. The number of likely N-dealkylation sites (tertiary alicyclic amines) is 1. The van der Waals surface area contributed by atoms with E-state index in [0.717, 1.165) is 12.5 Å². The van der Waals surface area contributed by atoms with Crippen LogP contribution >= 0.6 is 0 Å². The second-order valence-electron chi connectivity index (χ2n) is 5.93. The van der Waals surface area contributed by atoms with Gasteiger partial charge in [0, 0.05) is 13.1 Å². The van der Waals surface area contributed by atoms with Crippen molar-refractivity contribution >= 4 is 0 Å². The molecule has 0 radical (unpaired) electrons. The minimum absolute atomic E-state index is 0.646. The van der Waals surface area contributed by atoms with Gasteiger partial charge in [-0.3, -0.25) is 0 Å². The summed E-state index contributed by atoms with van der Waals surface area (Å²) >= 11 is 0. The largest absolute Gasteiger partial charge is 0.319 e. The highest BCUT2D eigenvalue weighted by Crippen LogP contribution is 2.28. The normalized spacial score (nSPS) is 22.4. The van der Waals surface area contributed by atoms with Crippen molar-refractivity contribution in [3.8, 4) is 0 Å². The zero-order chi connectivity index (χ0) is 13.7. The highest BCUT2D eigenvalue weighted by molar-refractivity contribution is 5.28. The summed E-state index contributed by atoms with van der Waals surface area (Å²) in [6.07, 6.45) is 3.88. The molecule has 1 N–H and O–H groups in total. The number of piperidine rings is 1. The van der Waals surface area contributed by atoms with Crippen LogP contribution in [-0.2, 0) is 0 Å². The van der Waals surface area contributed by atoms with Crippen LogP contribution in [0.4, 0.5) is 0 Å². The number of hydrogen-bond donors (Lipinski definition) is 1. The molecule has 0 amide bonds. The molecule has 1 aromatic rings. The van der Waals surface area contributed by atoms with Crippen LogP contribution in [0, 0.1) is 0 Å². The standard InChI is InChI=1S/C17H28N2/c1-4-14(12-18-2)15-7-9-16(10-8-15)17-6-5-11-19(3)13-17/h7-10,14,17-18H,4-6,11-13H2,1-3H3. The molecule has 0 spiro atoms. The lowest BCUT2D eigenvalue weighted by molar-refractivity contribution is 0.251. The van der Waals surface area contributed by atoms with Gasteiger partial charge in [-0.05, 0) is 62.9 Å². The van der Waals surface area contributed by atoms with Crippen molar-refractivity contribution in [1.29, 1.82) is 0 Å². The molecule has 2 rings (SSSR count). The van der Waals surface area contributed by atoms with Crippen molar-refractivity contribution in [2.24, 2.45) is 0 Å². The number of likely N-dealkylation sites (N-methyl/N-ethyl adjacent to an activating group) is 2. The van der Waals surface area contributed by atoms with Crippen LogP contribution in [0.2, 0.25) is 0 Å². The van der Waals surface area contributed by atoms with Crippen LogP contribution < -0.4 is 5.32 Å². The van der Waals surface area contributed by atoms with E-state index in [2.05, 4.69) is 48.5 Å². The SMILES string of the molecule is CCC(CNC)c1ccc(C2CCCN(C)C2)cc1. The van der Waals surface area contributed by atoms with Gasteiger partial charge in [0.2, 0.25) is 0 Å². The molecule has 2 unspecified atom stereocenters. The molecule has 2 atom stereocenters. The monoisotopic (exact) mass is 260 g/mol. The summed E-state index contributed by atoms with van der Waals surface area (Å²) in [6.45, 7) is 5.82. The summed E-state index contributed by atoms with van der Waals surface area (Å²) in [4.78, 5) is 2.46. The molecule has 0 aliphatic carbocycles. The van der Waals surface area contributed by atoms with E-state index in [1.807, 2.05) is 7.05 Å². The smallest absolute Gasteiger partial charge is 0.00472 e. The molecule has 106 valence electrons. The molecule has 1 aliphatic heterocycles. The van der Waals surface area contributed by atoms with E-state index in [4.69, 9.17) is 0 Å². The molecular weight excluding hydrogens is 232 g/mol. The first-order chi connectivity index (χ1) is 9.24. The Kier molecular flexibility index (Phi) is 5.41. The van der Waals surface area contributed by atoms with Crippen molar-refractivity contribution in [1.82, 2.24) is 10.2 Å². The van der Waals surface area contributed by atoms with Crippen molar-refractivity contribution in [2.45, 2.75) is 38.0 Å². The van der Waals surface area contributed by atoms with Crippen molar-refractivity contribution in [3.05, 3.63) is 35.4 Å². The Morgan fingerprint density at radius 2 is 2.05 bits per heavy atom. The molecule has 1 fully saturated rings. The van der Waals surface area contributed by atoms with E-state index >= 15 is 0 Å². The Hall–Kier alpha value is -0.860. The minimum atomic E-state index is 0.646. The summed E-state index contributed by atoms with van der Waals surface area (Å²) in [5, 5.41) is 3.29. The number of nitrogens with one attached hydrogen (secondary N) is 1. The van der Waals surface area contributed by atoms with Crippen molar-refractivity contribution in [3.63, 3.8) is 0 Å². The van der Waals surface area contributed by atoms with Gasteiger partial charge in [-0.25, -0.2) is 0 Å². The average Bonchev–Trinajstić information content (AvgIpc) is 2.45. The van der Waals surface area contributed by atoms with Gasteiger partial charge in [-0.15, -0.1) is 0 Å². The lowest BCUT2D eigenvalue weighted by Gasteiger charge is -2.30. The Morgan fingerprint density at radius 1 is 1.32 bits per heavy atom. The first-order valence-corrected chi connectivity index (χ1v) is 7.67. The van der Waals surface area contributed by atoms with Crippen LogP contribution in [0.15, 0.2) is 24.3 Å². The Morgan fingerprint density at radius 3 is 2.63 bits per heavy atom. The Balaban J connectivity index is 2.04. The summed E-state index contributed by atoms with van der Waals surface area (Å²) in [5.41, 5.74) is 3.00. The zero-order valence-electron chi connectivity index (χ0n) is 12.7. The van der Waals surface area contributed by atoms with E-state index in [9.17, 15) is 0 Å². The van der Waals surface area contributed by atoms with Crippen molar-refractivity contribution in [2.75, 3.05) is 33.7 Å². The molecule has 1 heterocycles. The van der Waals surface area contributed by atoms with Crippen LogP contribution in [0.3, 0.4) is 0 Å². The lowest BCUT2D eigenvalue weighted by Crippen LogP contribution is -2.30. The average molecular weight is 260 g/mol. The van der Waals surface area contributed by atoms with Gasteiger partial charge in [0.15, 0.2) is 0 Å². The summed E-state index contributed by atoms with van der Waals surface area (Å²) < 4.78 is 0. The second kappa shape index (κ2) is 7.06. The van der Waals surface area contributed by atoms with E-state index < -0.39 is 0 Å². The predicted molar refractivity (Wildman–Crippen MR) is 82.9 cm³/mol. The molecule has 0 aromatic heterocycles. The molecule has 2 heteroatoms. The maximum Gasteiger partial charge on any atom is 0.00472 e. The third-order valence-corrected chi connectivity index (χ3v) is 4.45. The molecule has 0 saturated carbocycles. The molecule has 19 heavy (non-hydrogen) atoms. The van der Waals surface area contributed by atoms with Gasteiger partial charge in [0.25, 0.3) is 0 Å². The first kappa shape index (κ1) is 14.5. The van der Waals surface area contributed by atoms with E-state index in [1.165, 1.54) is 43.5 Å². The maximum absolute atomic E-state index is 3.29. The minimum Gasteiger partial charge on any atom is -0.319 e.